The van der Waals surface area contributed by atoms with E-state index in [2.05, 4.69) is 16.0 Å². The Morgan fingerprint density at radius 1 is 1.14 bits per heavy atom. The van der Waals surface area contributed by atoms with E-state index >= 15 is 0 Å². The van der Waals surface area contributed by atoms with E-state index in [4.69, 9.17) is 12.2 Å². The number of carbonyl (C=O) groups is 1. The van der Waals surface area contributed by atoms with Gasteiger partial charge in [0.2, 0.25) is 0 Å². The molecule has 8 nitrogen and oxygen atoms in total. The maximum absolute atomic E-state index is 13.1. The number of aryl methyl sites for hydroxylation is 2. The van der Waals surface area contributed by atoms with Crippen molar-refractivity contribution < 1.29 is 14.8 Å². The minimum Gasteiger partial charge on any atom is -0.868 e. The smallest absolute Gasteiger partial charge is 0.262 e. The third-order valence-electron chi connectivity index (χ3n) is 4.79. The highest BCUT2D eigenvalue weighted by Crippen LogP contribution is 2.32. The second-order valence-electron chi connectivity index (χ2n) is 6.81. The van der Waals surface area contributed by atoms with Gasteiger partial charge >= 0.3 is 0 Å². The number of thiocarbonyl (C=S) groups is 1. The molecule has 0 bridgehead atoms. The Kier molecular flexibility index (Phi) is 5.51. The van der Waals surface area contributed by atoms with E-state index < -0.39 is 22.4 Å². The van der Waals surface area contributed by atoms with Gasteiger partial charge < -0.3 is 21.1 Å². The Balaban J connectivity index is 2.00. The highest BCUT2D eigenvalue weighted by molar-refractivity contribution is 7.80. The van der Waals surface area contributed by atoms with Gasteiger partial charge in [-0.2, -0.15) is 0 Å². The fraction of sp³-hybridized carbons (Fsp3) is 0.200. The van der Waals surface area contributed by atoms with Gasteiger partial charge in [0.05, 0.1) is 16.5 Å². The normalized spacial score (nSPS) is 16.1. The molecule has 150 valence electrons. The van der Waals surface area contributed by atoms with Gasteiger partial charge in [0, 0.05) is 17.5 Å². The topological polar surface area (TPSA) is 119 Å². The molecule has 29 heavy (non-hydrogen) atoms. The van der Waals surface area contributed by atoms with Crippen LogP contribution in [0.3, 0.4) is 0 Å². The predicted molar refractivity (Wildman–Crippen MR) is 111 cm³/mol. The minimum absolute atomic E-state index is 0.282. The van der Waals surface area contributed by atoms with Crippen LogP contribution in [0, 0.1) is 24.0 Å². The average molecular weight is 411 g/mol. The van der Waals surface area contributed by atoms with Gasteiger partial charge in [0.25, 0.3) is 11.6 Å². The van der Waals surface area contributed by atoms with Crippen LogP contribution < -0.4 is 21.1 Å². The number of hydrogen-bond acceptors (Lipinski definition) is 5. The van der Waals surface area contributed by atoms with Gasteiger partial charge in [-0.05, 0) is 67.6 Å². The molecule has 1 aliphatic heterocycles. The van der Waals surface area contributed by atoms with Crippen LogP contribution in [0.4, 0.5) is 11.4 Å². The number of anilines is 1. The number of allylic oxidation sites excluding steroid dienone is 1. The van der Waals surface area contributed by atoms with Crippen molar-refractivity contribution in [2.24, 2.45) is 0 Å². The van der Waals surface area contributed by atoms with Crippen molar-refractivity contribution in [3.05, 3.63) is 74.5 Å². The van der Waals surface area contributed by atoms with Crippen molar-refractivity contribution in [1.29, 1.82) is 0 Å². The molecule has 0 radical (unpaired) electrons. The van der Waals surface area contributed by atoms with Crippen LogP contribution in [0.15, 0.2) is 47.7 Å². The molecule has 1 amide bonds. The van der Waals surface area contributed by atoms with Crippen molar-refractivity contribution in [2.45, 2.75) is 26.8 Å². The Labute approximate surface area is 172 Å². The third-order valence-corrected chi connectivity index (χ3v) is 5.01. The number of nitrogens with one attached hydrogen (secondary N) is 3. The number of amides is 1. The molecule has 0 aromatic heterocycles. The van der Waals surface area contributed by atoms with E-state index in [1.54, 1.807) is 13.0 Å². The molecule has 1 atom stereocenters. The molecule has 1 heterocycles. The highest BCUT2D eigenvalue weighted by Gasteiger charge is 2.31. The summed E-state index contributed by atoms with van der Waals surface area (Å²) in [6.45, 7) is 5.63. The lowest BCUT2D eigenvalue weighted by molar-refractivity contribution is -0.398. The van der Waals surface area contributed by atoms with E-state index in [0.717, 1.165) is 17.2 Å². The maximum atomic E-state index is 13.1. The zero-order valence-electron chi connectivity index (χ0n) is 16.0. The fourth-order valence-electron chi connectivity index (χ4n) is 3.12. The first kappa shape index (κ1) is 20.3. The van der Waals surface area contributed by atoms with Crippen LogP contribution in [0.25, 0.3) is 0 Å². The maximum Gasteiger partial charge on any atom is 0.262 e. The van der Waals surface area contributed by atoms with Gasteiger partial charge in [-0.15, -0.1) is 0 Å². The van der Waals surface area contributed by atoms with Crippen LogP contribution >= 0.6 is 12.2 Å². The number of nitrogens with zero attached hydrogens (tertiary/aromatic N) is 1. The van der Waals surface area contributed by atoms with Crippen molar-refractivity contribution >= 4 is 34.6 Å². The number of rotatable bonds is 4. The summed E-state index contributed by atoms with van der Waals surface area (Å²) in [6.07, 6.45) is 0. The first-order valence-electron chi connectivity index (χ1n) is 8.79. The zero-order chi connectivity index (χ0) is 21.3. The Hall–Kier alpha value is -3.46. The number of hydrogen-bond donors (Lipinski definition) is 3. The lowest BCUT2D eigenvalue weighted by Gasteiger charge is -2.30. The lowest BCUT2D eigenvalue weighted by Crippen LogP contribution is -2.45. The summed E-state index contributed by atoms with van der Waals surface area (Å²) in [5, 5.41) is 31.9. The average Bonchev–Trinajstić information content (AvgIpc) is 2.64. The van der Waals surface area contributed by atoms with Crippen molar-refractivity contribution in [2.75, 3.05) is 5.32 Å². The zero-order valence-corrected chi connectivity index (χ0v) is 16.8. The largest absolute Gasteiger partial charge is 0.868 e. The number of carbonyl (C=O) groups excluding carboxylic acids is 1. The van der Waals surface area contributed by atoms with Crippen LogP contribution in [0.2, 0.25) is 0 Å². The summed E-state index contributed by atoms with van der Waals surface area (Å²) in [7, 11) is 0. The van der Waals surface area contributed by atoms with E-state index in [9.17, 15) is 20.0 Å². The molecule has 3 rings (SSSR count). The van der Waals surface area contributed by atoms with Crippen LogP contribution in [0.1, 0.15) is 29.7 Å². The van der Waals surface area contributed by atoms with E-state index in [1.807, 2.05) is 26.0 Å². The summed E-state index contributed by atoms with van der Waals surface area (Å²) < 4.78 is 0. The molecule has 0 aliphatic carbocycles. The highest BCUT2D eigenvalue weighted by atomic mass is 32.1. The van der Waals surface area contributed by atoms with Crippen LogP contribution in [-0.4, -0.2) is 15.9 Å². The summed E-state index contributed by atoms with van der Waals surface area (Å²) >= 11 is 5.19. The van der Waals surface area contributed by atoms with E-state index in [0.29, 0.717) is 22.5 Å². The molecule has 0 unspecified atom stereocenters. The van der Waals surface area contributed by atoms with E-state index in [1.165, 1.54) is 12.1 Å². The molecule has 1 aliphatic rings. The van der Waals surface area contributed by atoms with Gasteiger partial charge in [-0.25, -0.2) is 0 Å². The molecule has 2 aromatic carbocycles. The molecular formula is C20H19N4O4S-. The number of nitro groups is 1. The van der Waals surface area contributed by atoms with Crippen LogP contribution in [0.5, 0.6) is 5.75 Å². The fourth-order valence-corrected chi connectivity index (χ4v) is 3.39. The second-order valence-corrected chi connectivity index (χ2v) is 7.22. The minimum atomic E-state index is -0.741. The number of nitro benzene ring substituents is 1. The molecule has 0 fully saturated rings. The molecule has 0 saturated heterocycles. The summed E-state index contributed by atoms with van der Waals surface area (Å²) in [6, 6.07) is 8.58. The van der Waals surface area contributed by atoms with Gasteiger partial charge in [-0.3, -0.25) is 14.9 Å². The standard InChI is InChI=1S/C20H20N4O4S/c1-10-4-6-14(8-11(10)2)22-19(26)17-12(3)21-20(29)23-18(17)13-5-7-16(25)15(9-13)24(27)28/h4-9,18,25H,1-3H3,(H,22,26)(H2,21,23,29)/p-1/t18-/m0/s1. The quantitative estimate of drug-likeness (QED) is 0.402. The van der Waals surface area contributed by atoms with E-state index in [-0.39, 0.29) is 11.0 Å². The van der Waals surface area contributed by atoms with Crippen LogP contribution in [-0.2, 0) is 4.79 Å². The number of benzene rings is 2. The van der Waals surface area contributed by atoms with Gasteiger partial charge in [0.15, 0.2) is 5.11 Å². The lowest BCUT2D eigenvalue weighted by atomic mass is 9.94. The summed E-state index contributed by atoms with van der Waals surface area (Å²) in [5.41, 5.74) is 3.45. The van der Waals surface area contributed by atoms with Crippen molar-refractivity contribution in [1.82, 2.24) is 10.6 Å². The van der Waals surface area contributed by atoms with Crippen molar-refractivity contribution in [3.8, 4) is 5.75 Å². The monoisotopic (exact) mass is 411 g/mol. The molecule has 2 aromatic rings. The molecule has 0 saturated carbocycles. The summed E-state index contributed by atoms with van der Waals surface area (Å²) in [5.74, 6) is -1.08. The third kappa shape index (κ3) is 4.19. The van der Waals surface area contributed by atoms with Gasteiger partial charge in [-0.1, -0.05) is 18.2 Å². The Bertz CT molecular complexity index is 1060. The second kappa shape index (κ2) is 7.88. The van der Waals surface area contributed by atoms with Gasteiger partial charge in [0.1, 0.15) is 0 Å². The molecule has 9 heteroatoms. The summed E-state index contributed by atoms with van der Waals surface area (Å²) in [4.78, 5) is 23.5. The molecular weight excluding hydrogens is 392 g/mol. The van der Waals surface area contributed by atoms with Crippen molar-refractivity contribution in [3.63, 3.8) is 0 Å². The Morgan fingerprint density at radius 3 is 2.52 bits per heavy atom. The Morgan fingerprint density at radius 2 is 1.86 bits per heavy atom. The first-order chi connectivity index (χ1) is 13.7. The molecule has 0 spiro atoms. The SMILES string of the molecule is CC1=C(C(=O)Nc2ccc(C)c(C)c2)[C@H](c2ccc([O-])c([N+](=O)[O-])c2)NC(=S)N1. The predicted octanol–water partition coefficient (Wildman–Crippen LogP) is 2.72. The molecule has 3 N–H and O–H groups in total. The first-order valence-corrected chi connectivity index (χ1v) is 9.20.